The van der Waals surface area contributed by atoms with Gasteiger partial charge >= 0.3 is 0 Å². The van der Waals surface area contributed by atoms with Crippen molar-refractivity contribution in [2.75, 3.05) is 11.9 Å². The van der Waals surface area contributed by atoms with Crippen LogP contribution >= 0.6 is 11.3 Å². The molecule has 0 saturated heterocycles. The van der Waals surface area contributed by atoms with Gasteiger partial charge in [-0.05, 0) is 43.2 Å². The van der Waals surface area contributed by atoms with E-state index in [1.807, 2.05) is 67.8 Å². The van der Waals surface area contributed by atoms with Crippen LogP contribution in [0.3, 0.4) is 0 Å². The third-order valence-corrected chi connectivity index (χ3v) is 5.41. The SMILES string of the molecule is CCCC(=O)Nc1cccc(CNC(=O)Cc2csc(-c3ccccc3OCC)n2)c1. The standard InChI is InChI=1S/C24H27N3O3S/c1-3-8-22(28)26-18-10-7-9-17(13-18)15-25-23(29)14-19-16-31-24(27-19)20-11-5-6-12-21(20)30-4-2/h5-7,9-13,16H,3-4,8,14-15H2,1-2H3,(H,25,29)(H,26,28). The van der Waals surface area contributed by atoms with E-state index in [-0.39, 0.29) is 18.2 Å². The molecular formula is C24H27N3O3S. The van der Waals surface area contributed by atoms with Crippen molar-refractivity contribution in [1.82, 2.24) is 10.3 Å². The minimum Gasteiger partial charge on any atom is -0.493 e. The Morgan fingerprint density at radius 1 is 1.06 bits per heavy atom. The molecule has 0 aliphatic heterocycles. The van der Waals surface area contributed by atoms with E-state index < -0.39 is 0 Å². The fourth-order valence-electron chi connectivity index (χ4n) is 3.07. The molecule has 3 aromatic rings. The summed E-state index contributed by atoms with van der Waals surface area (Å²) in [6.45, 7) is 4.89. The van der Waals surface area contributed by atoms with E-state index in [1.165, 1.54) is 11.3 Å². The van der Waals surface area contributed by atoms with Gasteiger partial charge in [0.05, 0.1) is 24.3 Å². The maximum atomic E-state index is 12.4. The van der Waals surface area contributed by atoms with E-state index in [9.17, 15) is 9.59 Å². The molecule has 0 fully saturated rings. The van der Waals surface area contributed by atoms with Gasteiger partial charge in [0, 0.05) is 24.0 Å². The first-order valence-corrected chi connectivity index (χ1v) is 11.3. The zero-order valence-corrected chi connectivity index (χ0v) is 18.6. The second-order valence-corrected chi connectivity index (χ2v) is 7.88. The molecule has 0 aliphatic rings. The van der Waals surface area contributed by atoms with Crippen LogP contribution in [0.1, 0.15) is 37.9 Å². The average molecular weight is 438 g/mol. The molecule has 0 atom stereocenters. The van der Waals surface area contributed by atoms with Crippen LogP contribution in [0.5, 0.6) is 5.75 Å². The topological polar surface area (TPSA) is 80.3 Å². The third-order valence-electron chi connectivity index (χ3n) is 4.49. The van der Waals surface area contributed by atoms with Crippen LogP contribution in [0.25, 0.3) is 10.6 Å². The molecule has 0 unspecified atom stereocenters. The highest BCUT2D eigenvalue weighted by Crippen LogP contribution is 2.32. The minimum absolute atomic E-state index is 0.00562. The molecule has 1 aromatic heterocycles. The number of benzene rings is 2. The Morgan fingerprint density at radius 3 is 2.71 bits per heavy atom. The fraction of sp³-hybridized carbons (Fsp3) is 0.292. The molecule has 0 saturated carbocycles. The highest BCUT2D eigenvalue weighted by atomic mass is 32.1. The van der Waals surface area contributed by atoms with Crippen LogP contribution in [-0.4, -0.2) is 23.4 Å². The third kappa shape index (κ3) is 6.65. The van der Waals surface area contributed by atoms with Crippen LogP contribution in [-0.2, 0) is 22.6 Å². The summed E-state index contributed by atoms with van der Waals surface area (Å²) in [5, 5.41) is 8.53. The van der Waals surface area contributed by atoms with Gasteiger partial charge in [-0.25, -0.2) is 4.98 Å². The lowest BCUT2D eigenvalue weighted by atomic mass is 10.2. The van der Waals surface area contributed by atoms with Gasteiger partial charge < -0.3 is 15.4 Å². The first-order chi connectivity index (χ1) is 15.1. The van der Waals surface area contributed by atoms with Crippen molar-refractivity contribution in [1.29, 1.82) is 0 Å². The van der Waals surface area contributed by atoms with Gasteiger partial charge in [-0.2, -0.15) is 0 Å². The first kappa shape index (κ1) is 22.5. The highest BCUT2D eigenvalue weighted by molar-refractivity contribution is 7.13. The van der Waals surface area contributed by atoms with E-state index in [1.54, 1.807) is 0 Å². The van der Waals surface area contributed by atoms with Crippen LogP contribution in [0.4, 0.5) is 5.69 Å². The molecule has 0 radical (unpaired) electrons. The molecule has 2 N–H and O–H groups in total. The highest BCUT2D eigenvalue weighted by Gasteiger charge is 2.12. The van der Waals surface area contributed by atoms with Crippen molar-refractivity contribution in [2.24, 2.45) is 0 Å². The van der Waals surface area contributed by atoms with Gasteiger partial charge in [-0.15, -0.1) is 11.3 Å². The molecular weight excluding hydrogens is 410 g/mol. The van der Waals surface area contributed by atoms with E-state index in [0.29, 0.717) is 19.6 Å². The molecule has 0 bridgehead atoms. The fourth-order valence-corrected chi connectivity index (χ4v) is 3.92. The number of nitrogens with one attached hydrogen (secondary N) is 2. The van der Waals surface area contributed by atoms with E-state index in [2.05, 4.69) is 15.6 Å². The van der Waals surface area contributed by atoms with Crippen LogP contribution in [0.15, 0.2) is 53.9 Å². The molecule has 1 heterocycles. The number of carbonyl (C=O) groups excluding carboxylic acids is 2. The van der Waals surface area contributed by atoms with Crippen LogP contribution < -0.4 is 15.4 Å². The number of hydrogen-bond acceptors (Lipinski definition) is 5. The number of carbonyl (C=O) groups is 2. The molecule has 0 spiro atoms. The van der Waals surface area contributed by atoms with Crippen LogP contribution in [0.2, 0.25) is 0 Å². The Bertz CT molecular complexity index is 1030. The van der Waals surface area contributed by atoms with E-state index >= 15 is 0 Å². The Hall–Kier alpha value is -3.19. The Kier molecular flexibility index (Phi) is 8.18. The summed E-state index contributed by atoms with van der Waals surface area (Å²) >= 11 is 1.50. The molecule has 2 aromatic carbocycles. The predicted molar refractivity (Wildman–Crippen MR) is 124 cm³/mol. The van der Waals surface area contributed by atoms with Gasteiger partial charge in [0.2, 0.25) is 11.8 Å². The van der Waals surface area contributed by atoms with Gasteiger partial charge in [0.1, 0.15) is 10.8 Å². The Morgan fingerprint density at radius 2 is 1.90 bits per heavy atom. The predicted octanol–water partition coefficient (Wildman–Crippen LogP) is 4.81. The number of aromatic nitrogens is 1. The lowest BCUT2D eigenvalue weighted by molar-refractivity contribution is -0.120. The summed E-state index contributed by atoms with van der Waals surface area (Å²) in [4.78, 5) is 28.8. The van der Waals surface area contributed by atoms with Crippen LogP contribution in [0, 0.1) is 0 Å². The number of rotatable bonds is 10. The van der Waals surface area contributed by atoms with Gasteiger partial charge in [-0.1, -0.05) is 31.2 Å². The number of para-hydroxylation sites is 1. The Balaban J connectivity index is 1.56. The van der Waals surface area contributed by atoms with Gasteiger partial charge in [0.25, 0.3) is 0 Å². The zero-order chi connectivity index (χ0) is 22.1. The second-order valence-electron chi connectivity index (χ2n) is 7.03. The van der Waals surface area contributed by atoms with Crippen molar-refractivity contribution in [3.8, 4) is 16.3 Å². The minimum atomic E-state index is -0.102. The summed E-state index contributed by atoms with van der Waals surface area (Å²) in [5.74, 6) is 0.686. The maximum absolute atomic E-state index is 12.4. The molecule has 162 valence electrons. The van der Waals surface area contributed by atoms with Crippen molar-refractivity contribution in [2.45, 2.75) is 39.7 Å². The largest absolute Gasteiger partial charge is 0.493 e. The second kappa shape index (κ2) is 11.3. The van der Waals surface area contributed by atoms with Crippen molar-refractivity contribution < 1.29 is 14.3 Å². The van der Waals surface area contributed by atoms with Gasteiger partial charge in [0.15, 0.2) is 0 Å². The number of nitrogens with zero attached hydrogens (tertiary/aromatic N) is 1. The van der Waals surface area contributed by atoms with E-state index in [0.717, 1.165) is 39.7 Å². The first-order valence-electron chi connectivity index (χ1n) is 10.4. The number of hydrogen-bond donors (Lipinski definition) is 2. The molecule has 2 amide bonds. The number of anilines is 1. The van der Waals surface area contributed by atoms with Crippen molar-refractivity contribution in [3.05, 3.63) is 65.2 Å². The average Bonchev–Trinajstić information content (AvgIpc) is 3.21. The quantitative estimate of drug-likeness (QED) is 0.477. The summed E-state index contributed by atoms with van der Waals surface area (Å²) in [6, 6.07) is 15.3. The van der Waals surface area contributed by atoms with Crippen molar-refractivity contribution >= 4 is 28.8 Å². The molecule has 6 nitrogen and oxygen atoms in total. The number of ether oxygens (including phenoxy) is 1. The lowest BCUT2D eigenvalue weighted by Crippen LogP contribution is -2.24. The summed E-state index contributed by atoms with van der Waals surface area (Å²) < 4.78 is 5.68. The zero-order valence-electron chi connectivity index (χ0n) is 17.8. The smallest absolute Gasteiger partial charge is 0.226 e. The summed E-state index contributed by atoms with van der Waals surface area (Å²) in [6.07, 6.45) is 1.50. The lowest BCUT2D eigenvalue weighted by Gasteiger charge is -2.08. The molecule has 0 aliphatic carbocycles. The van der Waals surface area contributed by atoms with Gasteiger partial charge in [-0.3, -0.25) is 9.59 Å². The molecule has 3 rings (SSSR count). The summed E-state index contributed by atoms with van der Waals surface area (Å²) in [5.41, 5.74) is 3.32. The Labute approximate surface area is 186 Å². The normalized spacial score (nSPS) is 10.5. The number of amides is 2. The molecule has 31 heavy (non-hydrogen) atoms. The van der Waals surface area contributed by atoms with E-state index in [4.69, 9.17) is 4.74 Å². The summed E-state index contributed by atoms with van der Waals surface area (Å²) in [7, 11) is 0. The maximum Gasteiger partial charge on any atom is 0.226 e. The molecule has 7 heteroatoms. The number of thiazole rings is 1. The van der Waals surface area contributed by atoms with Crippen molar-refractivity contribution in [3.63, 3.8) is 0 Å². The monoisotopic (exact) mass is 437 g/mol.